The van der Waals surface area contributed by atoms with Crippen molar-refractivity contribution < 1.29 is 22.3 Å². The first-order chi connectivity index (χ1) is 15.2. The van der Waals surface area contributed by atoms with Crippen LogP contribution in [0.4, 0.5) is 10.1 Å². The second kappa shape index (κ2) is 8.63. The molecule has 0 radical (unpaired) electrons. The van der Waals surface area contributed by atoms with Gasteiger partial charge in [0.05, 0.1) is 25.0 Å². The molecule has 1 aromatic heterocycles. The zero-order valence-electron chi connectivity index (χ0n) is 17.7. The van der Waals surface area contributed by atoms with Crippen molar-refractivity contribution >= 4 is 43.5 Å². The molecule has 4 aromatic rings. The zero-order chi connectivity index (χ0) is 22.9. The van der Waals surface area contributed by atoms with Gasteiger partial charge in [-0.2, -0.15) is 0 Å². The summed E-state index contributed by atoms with van der Waals surface area (Å²) in [6.07, 6.45) is 0.299. The summed E-state index contributed by atoms with van der Waals surface area (Å²) in [4.78, 5) is 11.9. The molecule has 0 saturated heterocycles. The highest BCUT2D eigenvalue weighted by molar-refractivity contribution is 7.92. The lowest BCUT2D eigenvalue weighted by Gasteiger charge is -2.28. The van der Waals surface area contributed by atoms with E-state index in [1.165, 1.54) is 31.2 Å². The van der Waals surface area contributed by atoms with E-state index >= 15 is 0 Å². The third kappa shape index (κ3) is 4.45. The SMILES string of the molecule is CC(=O)OC(CN(c1ccc(F)cc1)S(C)(=O)=O)Cn1c2ccccc2c2ccccc21. The van der Waals surface area contributed by atoms with E-state index < -0.39 is 27.9 Å². The summed E-state index contributed by atoms with van der Waals surface area (Å²) in [5.74, 6) is -0.979. The minimum absolute atomic E-state index is 0.106. The number of ether oxygens (including phenoxy) is 1. The van der Waals surface area contributed by atoms with Crippen LogP contribution >= 0.6 is 0 Å². The summed E-state index contributed by atoms with van der Waals surface area (Å²) < 4.78 is 47.2. The Hall–Kier alpha value is -3.39. The van der Waals surface area contributed by atoms with Crippen molar-refractivity contribution in [2.45, 2.75) is 19.6 Å². The van der Waals surface area contributed by atoms with Gasteiger partial charge in [0.2, 0.25) is 10.0 Å². The predicted octanol–water partition coefficient (Wildman–Crippen LogP) is 4.33. The molecule has 0 N–H and O–H groups in total. The summed E-state index contributed by atoms with van der Waals surface area (Å²) in [5, 5.41) is 2.12. The number of aromatic nitrogens is 1. The van der Waals surface area contributed by atoms with E-state index in [4.69, 9.17) is 4.74 Å². The summed E-state index contributed by atoms with van der Waals surface area (Å²) in [6.45, 7) is 1.44. The number of anilines is 1. The molecule has 0 amide bonds. The molecular formula is C24H23FN2O4S. The third-order valence-electron chi connectivity index (χ3n) is 5.28. The van der Waals surface area contributed by atoms with Crippen LogP contribution in [-0.4, -0.2) is 37.9 Å². The smallest absolute Gasteiger partial charge is 0.303 e. The Balaban J connectivity index is 1.76. The van der Waals surface area contributed by atoms with Gasteiger partial charge >= 0.3 is 5.97 Å². The standard InChI is InChI=1S/C24H23FN2O4S/c1-17(28)31-20(16-27(32(2,29)30)19-13-11-18(25)12-14-19)15-26-23-9-5-3-7-21(23)22-8-4-6-10-24(22)26/h3-14,20H,15-16H2,1-2H3. The highest BCUT2D eigenvalue weighted by atomic mass is 32.2. The molecule has 6 nitrogen and oxygen atoms in total. The second-order valence-electron chi connectivity index (χ2n) is 7.65. The number of halogens is 1. The van der Waals surface area contributed by atoms with E-state index in [1.807, 2.05) is 53.1 Å². The van der Waals surface area contributed by atoms with Crippen LogP contribution in [0.1, 0.15) is 6.92 Å². The molecule has 1 atom stereocenters. The highest BCUT2D eigenvalue weighted by Crippen LogP contribution is 2.29. The Bertz CT molecular complexity index is 1330. The number of esters is 1. The molecule has 8 heteroatoms. The Morgan fingerprint density at radius 2 is 1.50 bits per heavy atom. The number of hydrogen-bond acceptors (Lipinski definition) is 4. The Labute approximate surface area is 185 Å². The predicted molar refractivity (Wildman–Crippen MR) is 124 cm³/mol. The average Bonchev–Trinajstić information content (AvgIpc) is 3.05. The number of fused-ring (bicyclic) bond motifs is 3. The maximum Gasteiger partial charge on any atom is 0.303 e. The van der Waals surface area contributed by atoms with Gasteiger partial charge < -0.3 is 9.30 Å². The lowest BCUT2D eigenvalue weighted by atomic mass is 10.2. The first-order valence-corrected chi connectivity index (χ1v) is 12.0. The van der Waals surface area contributed by atoms with Crippen molar-refractivity contribution in [3.63, 3.8) is 0 Å². The van der Waals surface area contributed by atoms with Gasteiger partial charge in [0, 0.05) is 28.7 Å². The molecule has 1 heterocycles. The van der Waals surface area contributed by atoms with E-state index in [0.717, 1.165) is 32.4 Å². The summed E-state index contributed by atoms with van der Waals surface area (Å²) >= 11 is 0. The Morgan fingerprint density at radius 3 is 2.00 bits per heavy atom. The van der Waals surface area contributed by atoms with Crippen molar-refractivity contribution in [3.05, 3.63) is 78.6 Å². The van der Waals surface area contributed by atoms with E-state index in [9.17, 15) is 17.6 Å². The minimum Gasteiger partial charge on any atom is -0.459 e. The Kier molecular flexibility index (Phi) is 5.88. The largest absolute Gasteiger partial charge is 0.459 e. The van der Waals surface area contributed by atoms with Gasteiger partial charge in [0.25, 0.3) is 0 Å². The first-order valence-electron chi connectivity index (χ1n) is 10.1. The summed E-state index contributed by atoms with van der Waals surface area (Å²) in [7, 11) is -3.72. The fraction of sp³-hybridized carbons (Fsp3) is 0.208. The molecule has 1 unspecified atom stereocenters. The van der Waals surface area contributed by atoms with Crippen LogP contribution in [0.15, 0.2) is 72.8 Å². The fourth-order valence-electron chi connectivity index (χ4n) is 4.00. The lowest BCUT2D eigenvalue weighted by molar-refractivity contribution is -0.146. The molecule has 3 aromatic carbocycles. The molecular weight excluding hydrogens is 431 g/mol. The second-order valence-corrected chi connectivity index (χ2v) is 9.55. The molecule has 0 aliphatic rings. The van der Waals surface area contributed by atoms with Crippen molar-refractivity contribution in [1.82, 2.24) is 4.57 Å². The summed E-state index contributed by atoms with van der Waals surface area (Å²) in [5.41, 5.74) is 2.21. The zero-order valence-corrected chi connectivity index (χ0v) is 18.5. The number of carbonyl (C=O) groups excluding carboxylic acids is 1. The van der Waals surface area contributed by atoms with Crippen molar-refractivity contribution in [1.29, 1.82) is 0 Å². The van der Waals surface area contributed by atoms with Gasteiger partial charge in [-0.05, 0) is 36.4 Å². The van der Waals surface area contributed by atoms with Gasteiger partial charge in [-0.1, -0.05) is 36.4 Å². The molecule has 0 aliphatic carbocycles. The molecule has 4 rings (SSSR count). The normalized spacial score (nSPS) is 12.7. The molecule has 0 aliphatic heterocycles. The summed E-state index contributed by atoms with van der Waals surface area (Å²) in [6, 6.07) is 21.0. The molecule has 166 valence electrons. The topological polar surface area (TPSA) is 68.6 Å². The number of sulfonamides is 1. The van der Waals surface area contributed by atoms with Gasteiger partial charge in [-0.3, -0.25) is 9.10 Å². The lowest BCUT2D eigenvalue weighted by Crippen LogP contribution is -2.40. The quantitative estimate of drug-likeness (QED) is 0.390. The number of para-hydroxylation sites is 2. The highest BCUT2D eigenvalue weighted by Gasteiger charge is 2.25. The maximum absolute atomic E-state index is 13.4. The van der Waals surface area contributed by atoms with Crippen LogP contribution in [-0.2, 0) is 26.1 Å². The fourth-order valence-corrected chi connectivity index (χ4v) is 4.94. The van der Waals surface area contributed by atoms with E-state index in [1.54, 1.807) is 0 Å². The van der Waals surface area contributed by atoms with E-state index in [-0.39, 0.29) is 13.1 Å². The van der Waals surface area contributed by atoms with E-state index in [2.05, 4.69) is 0 Å². The monoisotopic (exact) mass is 454 g/mol. The average molecular weight is 455 g/mol. The van der Waals surface area contributed by atoms with Crippen LogP contribution in [0.25, 0.3) is 21.8 Å². The third-order valence-corrected chi connectivity index (χ3v) is 6.44. The van der Waals surface area contributed by atoms with Crippen LogP contribution in [0.3, 0.4) is 0 Å². The number of hydrogen-bond donors (Lipinski definition) is 0. The van der Waals surface area contributed by atoms with Gasteiger partial charge in [0.15, 0.2) is 0 Å². The molecule has 0 saturated carbocycles. The molecule has 0 spiro atoms. The van der Waals surface area contributed by atoms with Gasteiger partial charge in [-0.25, -0.2) is 12.8 Å². The number of nitrogens with zero attached hydrogens (tertiary/aromatic N) is 2. The number of benzene rings is 3. The Morgan fingerprint density at radius 1 is 0.969 bits per heavy atom. The number of carbonyl (C=O) groups is 1. The molecule has 32 heavy (non-hydrogen) atoms. The van der Waals surface area contributed by atoms with Crippen LogP contribution < -0.4 is 4.31 Å². The minimum atomic E-state index is -3.72. The van der Waals surface area contributed by atoms with Crippen LogP contribution in [0.2, 0.25) is 0 Å². The van der Waals surface area contributed by atoms with Crippen molar-refractivity contribution in [3.8, 4) is 0 Å². The van der Waals surface area contributed by atoms with Crippen molar-refractivity contribution in [2.75, 3.05) is 17.1 Å². The van der Waals surface area contributed by atoms with Crippen molar-refractivity contribution in [2.24, 2.45) is 0 Å². The van der Waals surface area contributed by atoms with Crippen LogP contribution in [0, 0.1) is 5.82 Å². The molecule has 0 fully saturated rings. The van der Waals surface area contributed by atoms with E-state index in [0.29, 0.717) is 5.69 Å². The maximum atomic E-state index is 13.4. The van der Waals surface area contributed by atoms with Crippen LogP contribution in [0.5, 0.6) is 0 Å². The first kappa shape index (κ1) is 21.8. The number of rotatable bonds is 7. The molecule has 0 bridgehead atoms. The van der Waals surface area contributed by atoms with Gasteiger partial charge in [0.1, 0.15) is 11.9 Å². The van der Waals surface area contributed by atoms with Gasteiger partial charge in [-0.15, -0.1) is 0 Å².